The average Bonchev–Trinajstić information content (AvgIpc) is 3.10. The maximum Gasteiger partial charge on any atom is 0.223 e. The normalized spacial score (nSPS) is 16.0. The van der Waals surface area contributed by atoms with E-state index in [9.17, 15) is 0 Å². The second-order valence-electron chi connectivity index (χ2n) is 4.57. The molecule has 4 nitrogen and oxygen atoms in total. The van der Waals surface area contributed by atoms with Gasteiger partial charge in [0.15, 0.2) is 0 Å². The molecule has 0 amide bonds. The van der Waals surface area contributed by atoms with E-state index in [0.29, 0.717) is 12.5 Å². The molecule has 0 aliphatic heterocycles. The zero-order valence-corrected chi connectivity index (χ0v) is 11.0. The summed E-state index contributed by atoms with van der Waals surface area (Å²) in [6.07, 6.45) is 8.86. The van der Waals surface area contributed by atoms with E-state index in [1.165, 1.54) is 31.4 Å². The van der Waals surface area contributed by atoms with Crippen molar-refractivity contribution < 1.29 is 0 Å². The summed E-state index contributed by atoms with van der Waals surface area (Å²) in [5.74, 6) is 1.35. The Kier molecular flexibility index (Phi) is 3.50. The molecule has 2 aromatic rings. The quantitative estimate of drug-likeness (QED) is 0.917. The molecule has 0 atom stereocenters. The monoisotopic (exact) mass is 260 g/mol. The summed E-state index contributed by atoms with van der Waals surface area (Å²) in [5, 5.41) is 6.28. The lowest BCUT2D eigenvalue weighted by molar-refractivity contribution is 0.694. The SMILES string of the molecule is c1cc(C2CCCC2)nc(NCc2nccs2)n1. The van der Waals surface area contributed by atoms with E-state index in [1.54, 1.807) is 11.3 Å². The number of hydrogen-bond donors (Lipinski definition) is 1. The fraction of sp³-hybridized carbons (Fsp3) is 0.462. The molecule has 5 heteroatoms. The molecule has 3 rings (SSSR count). The van der Waals surface area contributed by atoms with Crippen molar-refractivity contribution in [1.29, 1.82) is 0 Å². The van der Waals surface area contributed by atoms with Gasteiger partial charge in [-0.1, -0.05) is 12.8 Å². The lowest BCUT2D eigenvalue weighted by atomic mass is 10.0. The molecular weight excluding hydrogens is 244 g/mol. The van der Waals surface area contributed by atoms with Crippen LogP contribution in [0.25, 0.3) is 0 Å². The van der Waals surface area contributed by atoms with Gasteiger partial charge in [0.2, 0.25) is 5.95 Å². The summed E-state index contributed by atoms with van der Waals surface area (Å²) in [6.45, 7) is 0.700. The second-order valence-corrected chi connectivity index (χ2v) is 5.55. The smallest absolute Gasteiger partial charge is 0.223 e. The van der Waals surface area contributed by atoms with Gasteiger partial charge >= 0.3 is 0 Å². The molecule has 0 unspecified atom stereocenters. The standard InChI is InChI=1S/C13H16N4S/c1-2-4-10(3-1)11-5-6-15-13(17-11)16-9-12-14-7-8-18-12/h5-8,10H,1-4,9H2,(H,15,16,17). The van der Waals surface area contributed by atoms with Crippen LogP contribution in [0.3, 0.4) is 0 Å². The summed E-state index contributed by atoms with van der Waals surface area (Å²) in [6, 6.07) is 2.05. The van der Waals surface area contributed by atoms with Crippen molar-refractivity contribution in [3.05, 3.63) is 34.5 Å². The molecule has 2 heterocycles. The minimum Gasteiger partial charge on any atom is -0.348 e. The van der Waals surface area contributed by atoms with Crippen LogP contribution in [0.15, 0.2) is 23.8 Å². The summed E-state index contributed by atoms with van der Waals surface area (Å²) >= 11 is 1.64. The van der Waals surface area contributed by atoms with Gasteiger partial charge in [-0.05, 0) is 18.9 Å². The number of nitrogens with zero attached hydrogens (tertiary/aromatic N) is 3. The van der Waals surface area contributed by atoms with Gasteiger partial charge in [0.05, 0.1) is 6.54 Å². The van der Waals surface area contributed by atoms with Crippen molar-refractivity contribution in [3.8, 4) is 0 Å². The van der Waals surface area contributed by atoms with Gasteiger partial charge < -0.3 is 5.32 Å². The predicted molar refractivity (Wildman–Crippen MR) is 72.7 cm³/mol. The van der Waals surface area contributed by atoms with E-state index in [0.717, 1.165) is 11.0 Å². The van der Waals surface area contributed by atoms with Crippen molar-refractivity contribution >= 4 is 17.3 Å². The number of thiazole rings is 1. The highest BCUT2D eigenvalue weighted by molar-refractivity contribution is 7.09. The number of rotatable bonds is 4. The maximum atomic E-state index is 4.61. The molecule has 1 aliphatic carbocycles. The van der Waals surface area contributed by atoms with Gasteiger partial charge in [0.25, 0.3) is 0 Å². The Bertz CT molecular complexity index is 491. The first-order valence-electron chi connectivity index (χ1n) is 6.37. The topological polar surface area (TPSA) is 50.7 Å². The Morgan fingerprint density at radius 3 is 2.89 bits per heavy atom. The second kappa shape index (κ2) is 5.44. The summed E-state index contributed by atoms with van der Waals surface area (Å²) in [4.78, 5) is 13.1. The molecule has 18 heavy (non-hydrogen) atoms. The van der Waals surface area contributed by atoms with Crippen LogP contribution in [-0.4, -0.2) is 15.0 Å². The first kappa shape index (κ1) is 11.6. The van der Waals surface area contributed by atoms with Crippen LogP contribution < -0.4 is 5.32 Å². The molecule has 0 aromatic carbocycles. The van der Waals surface area contributed by atoms with Crippen LogP contribution in [-0.2, 0) is 6.54 Å². The summed E-state index contributed by atoms with van der Waals surface area (Å²) in [5.41, 5.74) is 1.18. The molecule has 1 saturated carbocycles. The molecule has 1 N–H and O–H groups in total. The summed E-state index contributed by atoms with van der Waals surface area (Å²) in [7, 11) is 0. The largest absolute Gasteiger partial charge is 0.348 e. The van der Waals surface area contributed by atoms with Crippen LogP contribution in [0.2, 0.25) is 0 Å². The van der Waals surface area contributed by atoms with E-state index in [4.69, 9.17) is 0 Å². The molecule has 0 bridgehead atoms. The van der Waals surface area contributed by atoms with E-state index >= 15 is 0 Å². The Hall–Kier alpha value is -1.49. The zero-order chi connectivity index (χ0) is 12.2. The third-order valence-electron chi connectivity index (χ3n) is 3.33. The zero-order valence-electron chi connectivity index (χ0n) is 10.2. The van der Waals surface area contributed by atoms with Gasteiger partial charge in [-0.2, -0.15) is 0 Å². The highest BCUT2D eigenvalue weighted by Gasteiger charge is 2.18. The minimum absolute atomic E-state index is 0.633. The van der Waals surface area contributed by atoms with E-state index in [-0.39, 0.29) is 0 Å². The lowest BCUT2D eigenvalue weighted by Crippen LogP contribution is -2.06. The highest BCUT2D eigenvalue weighted by atomic mass is 32.1. The first-order chi connectivity index (χ1) is 8.92. The van der Waals surface area contributed by atoms with Gasteiger partial charge in [-0.3, -0.25) is 0 Å². The highest BCUT2D eigenvalue weighted by Crippen LogP contribution is 2.32. The van der Waals surface area contributed by atoms with Gasteiger partial charge in [0.1, 0.15) is 5.01 Å². The van der Waals surface area contributed by atoms with Crippen LogP contribution in [0, 0.1) is 0 Å². The third kappa shape index (κ3) is 2.67. The molecular formula is C13H16N4S. The fourth-order valence-corrected chi connectivity index (χ4v) is 2.96. The molecule has 0 radical (unpaired) electrons. The van der Waals surface area contributed by atoms with Crippen molar-refractivity contribution in [1.82, 2.24) is 15.0 Å². The van der Waals surface area contributed by atoms with Crippen LogP contribution >= 0.6 is 11.3 Å². The lowest BCUT2D eigenvalue weighted by Gasteiger charge is -2.09. The van der Waals surface area contributed by atoms with E-state index in [2.05, 4.69) is 20.3 Å². The van der Waals surface area contributed by atoms with Gasteiger partial charge in [0, 0.05) is 29.4 Å². The molecule has 94 valence electrons. The Balaban J connectivity index is 1.66. The van der Waals surface area contributed by atoms with Crippen LogP contribution in [0.5, 0.6) is 0 Å². The third-order valence-corrected chi connectivity index (χ3v) is 4.11. The Morgan fingerprint density at radius 2 is 2.11 bits per heavy atom. The first-order valence-corrected chi connectivity index (χ1v) is 7.25. The molecule has 0 spiro atoms. The minimum atomic E-state index is 0.633. The maximum absolute atomic E-state index is 4.61. The van der Waals surface area contributed by atoms with E-state index < -0.39 is 0 Å². The number of hydrogen-bond acceptors (Lipinski definition) is 5. The average molecular weight is 260 g/mol. The fourth-order valence-electron chi connectivity index (χ4n) is 2.40. The van der Waals surface area contributed by atoms with E-state index in [1.807, 2.05) is 23.8 Å². The van der Waals surface area contributed by atoms with Gasteiger partial charge in [-0.25, -0.2) is 15.0 Å². The number of nitrogens with one attached hydrogen (secondary N) is 1. The molecule has 2 aromatic heterocycles. The Labute approximate surface area is 111 Å². The van der Waals surface area contributed by atoms with Crippen LogP contribution in [0.4, 0.5) is 5.95 Å². The number of aromatic nitrogens is 3. The Morgan fingerprint density at radius 1 is 1.22 bits per heavy atom. The summed E-state index contributed by atoms with van der Waals surface area (Å²) < 4.78 is 0. The van der Waals surface area contributed by atoms with Crippen molar-refractivity contribution in [2.24, 2.45) is 0 Å². The molecule has 1 aliphatic rings. The number of anilines is 1. The predicted octanol–water partition coefficient (Wildman–Crippen LogP) is 3.20. The van der Waals surface area contributed by atoms with Crippen molar-refractivity contribution in [2.45, 2.75) is 38.1 Å². The van der Waals surface area contributed by atoms with Crippen molar-refractivity contribution in [3.63, 3.8) is 0 Å². The van der Waals surface area contributed by atoms with Crippen molar-refractivity contribution in [2.75, 3.05) is 5.32 Å². The molecule has 0 saturated heterocycles. The van der Waals surface area contributed by atoms with Gasteiger partial charge in [-0.15, -0.1) is 11.3 Å². The van der Waals surface area contributed by atoms with Crippen LogP contribution in [0.1, 0.15) is 42.3 Å². The molecule has 1 fully saturated rings.